The fourth-order valence-corrected chi connectivity index (χ4v) is 2.86. The highest BCUT2D eigenvalue weighted by Gasteiger charge is 2.13. The monoisotopic (exact) mass is 337 g/mol. The molecule has 1 amide bonds. The third-order valence-corrected chi connectivity index (χ3v) is 4.23. The van der Waals surface area contributed by atoms with Gasteiger partial charge in [0.2, 0.25) is 5.91 Å². The van der Waals surface area contributed by atoms with E-state index in [9.17, 15) is 9.18 Å². The highest BCUT2D eigenvalue weighted by atomic mass is 19.1. The quantitative estimate of drug-likeness (QED) is 0.749. The summed E-state index contributed by atoms with van der Waals surface area (Å²) in [7, 11) is 1.42. The molecule has 3 nitrogen and oxygen atoms in total. The van der Waals surface area contributed by atoms with Gasteiger partial charge in [0, 0.05) is 0 Å². The number of hydrogen-bond acceptors (Lipinski definition) is 2. The van der Waals surface area contributed by atoms with E-state index in [1.165, 1.54) is 13.2 Å². The Balaban J connectivity index is 1.67. The molecule has 3 aromatic rings. The minimum atomic E-state index is -0.435. The molecular formula is C21H20FNO2. The van der Waals surface area contributed by atoms with Crippen molar-refractivity contribution in [2.45, 2.75) is 19.4 Å². The van der Waals surface area contributed by atoms with Crippen molar-refractivity contribution in [3.05, 3.63) is 77.6 Å². The molecule has 0 saturated carbocycles. The first kappa shape index (κ1) is 17.0. The maximum absolute atomic E-state index is 13.8. The molecule has 1 atom stereocenters. The lowest BCUT2D eigenvalue weighted by Gasteiger charge is -2.15. The SMILES string of the molecule is COc1ccc([C@H](C)NC(=O)Cc2ccc3ccccc3c2)cc1F. The number of carbonyl (C=O) groups is 1. The van der Waals surface area contributed by atoms with Crippen LogP contribution in [-0.2, 0) is 11.2 Å². The molecule has 0 saturated heterocycles. The van der Waals surface area contributed by atoms with Gasteiger partial charge >= 0.3 is 0 Å². The van der Waals surface area contributed by atoms with Crippen LogP contribution in [0.25, 0.3) is 10.8 Å². The van der Waals surface area contributed by atoms with Crippen molar-refractivity contribution < 1.29 is 13.9 Å². The molecule has 0 heterocycles. The van der Waals surface area contributed by atoms with Gasteiger partial charge < -0.3 is 10.1 Å². The predicted octanol–water partition coefficient (Wildman–Crippen LogP) is 4.41. The van der Waals surface area contributed by atoms with E-state index in [2.05, 4.69) is 5.32 Å². The van der Waals surface area contributed by atoms with Crippen LogP contribution in [0.4, 0.5) is 4.39 Å². The van der Waals surface area contributed by atoms with Crippen molar-refractivity contribution in [3.63, 3.8) is 0 Å². The molecule has 1 N–H and O–H groups in total. The van der Waals surface area contributed by atoms with Gasteiger partial charge in [0.25, 0.3) is 0 Å². The van der Waals surface area contributed by atoms with Gasteiger partial charge in [-0.25, -0.2) is 4.39 Å². The Hall–Kier alpha value is -2.88. The third-order valence-electron chi connectivity index (χ3n) is 4.23. The van der Waals surface area contributed by atoms with Crippen molar-refractivity contribution in [1.82, 2.24) is 5.32 Å². The summed E-state index contributed by atoms with van der Waals surface area (Å²) in [5.74, 6) is -0.340. The molecule has 0 aliphatic carbocycles. The number of fused-ring (bicyclic) bond motifs is 1. The Bertz CT molecular complexity index is 907. The van der Waals surface area contributed by atoms with Gasteiger partial charge in [0.1, 0.15) is 0 Å². The summed E-state index contributed by atoms with van der Waals surface area (Å²) in [5, 5.41) is 5.17. The minimum absolute atomic E-state index is 0.0981. The number of amides is 1. The number of carbonyl (C=O) groups excluding carboxylic acids is 1. The first-order valence-corrected chi connectivity index (χ1v) is 8.17. The van der Waals surface area contributed by atoms with E-state index in [1.807, 2.05) is 49.4 Å². The Morgan fingerprint density at radius 2 is 1.84 bits per heavy atom. The number of rotatable bonds is 5. The fraction of sp³-hybridized carbons (Fsp3) is 0.190. The van der Waals surface area contributed by atoms with E-state index in [0.29, 0.717) is 5.56 Å². The van der Waals surface area contributed by atoms with Gasteiger partial charge in [-0.2, -0.15) is 0 Å². The van der Waals surface area contributed by atoms with Crippen LogP contribution < -0.4 is 10.1 Å². The molecule has 0 aliphatic heterocycles. The smallest absolute Gasteiger partial charge is 0.224 e. The zero-order valence-corrected chi connectivity index (χ0v) is 14.3. The van der Waals surface area contributed by atoms with Crippen LogP contribution in [0.15, 0.2) is 60.7 Å². The van der Waals surface area contributed by atoms with Gasteiger partial charge in [0.05, 0.1) is 19.6 Å². The van der Waals surface area contributed by atoms with E-state index in [-0.39, 0.29) is 24.1 Å². The van der Waals surface area contributed by atoms with E-state index in [1.54, 1.807) is 12.1 Å². The molecule has 0 unspecified atom stereocenters. The third kappa shape index (κ3) is 3.97. The lowest BCUT2D eigenvalue weighted by molar-refractivity contribution is -0.121. The molecule has 0 spiro atoms. The lowest BCUT2D eigenvalue weighted by atomic mass is 10.0. The molecule has 4 heteroatoms. The van der Waals surface area contributed by atoms with E-state index < -0.39 is 5.82 Å². The van der Waals surface area contributed by atoms with Crippen molar-refractivity contribution in [2.75, 3.05) is 7.11 Å². The summed E-state index contributed by atoms with van der Waals surface area (Å²) in [5.41, 5.74) is 1.65. The van der Waals surface area contributed by atoms with Gasteiger partial charge in [-0.15, -0.1) is 0 Å². The van der Waals surface area contributed by atoms with Crippen LogP contribution in [0.2, 0.25) is 0 Å². The summed E-state index contributed by atoms with van der Waals surface area (Å²) in [4.78, 5) is 12.3. The molecular weight excluding hydrogens is 317 g/mol. The molecule has 128 valence electrons. The van der Waals surface area contributed by atoms with Crippen LogP contribution in [0.1, 0.15) is 24.1 Å². The molecule has 0 bridgehead atoms. The highest BCUT2D eigenvalue weighted by Crippen LogP contribution is 2.22. The maximum atomic E-state index is 13.8. The predicted molar refractivity (Wildman–Crippen MR) is 97.2 cm³/mol. The zero-order chi connectivity index (χ0) is 17.8. The van der Waals surface area contributed by atoms with Crippen molar-refractivity contribution >= 4 is 16.7 Å². The van der Waals surface area contributed by atoms with Gasteiger partial charge in [-0.3, -0.25) is 4.79 Å². The number of hydrogen-bond donors (Lipinski definition) is 1. The Labute approximate surface area is 146 Å². The summed E-state index contributed by atoms with van der Waals surface area (Å²) in [6.45, 7) is 1.83. The number of ether oxygens (including phenoxy) is 1. The van der Waals surface area contributed by atoms with E-state index in [4.69, 9.17) is 4.74 Å². The number of halogens is 1. The van der Waals surface area contributed by atoms with Crippen LogP contribution in [0, 0.1) is 5.82 Å². The molecule has 3 rings (SSSR count). The fourth-order valence-electron chi connectivity index (χ4n) is 2.86. The maximum Gasteiger partial charge on any atom is 0.224 e. The molecule has 0 fully saturated rings. The second kappa shape index (κ2) is 7.34. The first-order valence-electron chi connectivity index (χ1n) is 8.17. The molecule has 0 aliphatic rings. The van der Waals surface area contributed by atoms with Crippen molar-refractivity contribution in [2.24, 2.45) is 0 Å². The van der Waals surface area contributed by atoms with Crippen LogP contribution in [-0.4, -0.2) is 13.0 Å². The average molecular weight is 337 g/mol. The second-order valence-electron chi connectivity index (χ2n) is 6.04. The molecule has 3 aromatic carbocycles. The van der Waals surface area contributed by atoms with E-state index in [0.717, 1.165) is 16.3 Å². The van der Waals surface area contributed by atoms with Gasteiger partial charge in [-0.05, 0) is 41.0 Å². The number of nitrogens with one attached hydrogen (secondary N) is 1. The normalized spacial score (nSPS) is 12.0. The highest BCUT2D eigenvalue weighted by molar-refractivity contribution is 5.85. The summed E-state index contributed by atoms with van der Waals surface area (Å²) in [6, 6.07) is 18.5. The van der Waals surface area contributed by atoms with Gasteiger partial charge in [-0.1, -0.05) is 48.5 Å². The largest absolute Gasteiger partial charge is 0.494 e. The van der Waals surface area contributed by atoms with Crippen molar-refractivity contribution in [3.8, 4) is 5.75 Å². The minimum Gasteiger partial charge on any atom is -0.494 e. The average Bonchev–Trinajstić information content (AvgIpc) is 2.61. The Morgan fingerprint density at radius 1 is 1.08 bits per heavy atom. The van der Waals surface area contributed by atoms with Crippen LogP contribution >= 0.6 is 0 Å². The Kier molecular flexibility index (Phi) is 4.98. The standard InChI is InChI=1S/C21H20FNO2/c1-14(17-9-10-20(25-2)19(22)13-17)23-21(24)12-15-7-8-16-5-3-4-6-18(16)11-15/h3-11,13-14H,12H2,1-2H3,(H,23,24)/t14-/m0/s1. The first-order chi connectivity index (χ1) is 12.1. The van der Waals surface area contributed by atoms with Crippen LogP contribution in [0.3, 0.4) is 0 Å². The topological polar surface area (TPSA) is 38.3 Å². The summed E-state index contributed by atoms with van der Waals surface area (Å²) < 4.78 is 18.7. The van der Waals surface area contributed by atoms with Crippen molar-refractivity contribution in [1.29, 1.82) is 0 Å². The summed E-state index contributed by atoms with van der Waals surface area (Å²) >= 11 is 0. The van der Waals surface area contributed by atoms with E-state index >= 15 is 0 Å². The second-order valence-corrected chi connectivity index (χ2v) is 6.04. The Morgan fingerprint density at radius 3 is 2.56 bits per heavy atom. The van der Waals surface area contributed by atoms with Crippen LogP contribution in [0.5, 0.6) is 5.75 Å². The number of benzene rings is 3. The van der Waals surface area contributed by atoms with Gasteiger partial charge in [0.15, 0.2) is 11.6 Å². The molecule has 25 heavy (non-hydrogen) atoms. The molecule has 0 aromatic heterocycles. The lowest BCUT2D eigenvalue weighted by Crippen LogP contribution is -2.28. The number of methoxy groups -OCH3 is 1. The zero-order valence-electron chi connectivity index (χ0n) is 14.3. The molecule has 0 radical (unpaired) electrons. The summed E-state index contributed by atoms with van der Waals surface area (Å²) in [6.07, 6.45) is 0.286.